The largest absolute Gasteiger partial charge is 0.338 e. The fraction of sp³-hybridized carbons (Fsp3) is 0.529. The van der Waals surface area contributed by atoms with Crippen molar-refractivity contribution < 1.29 is 9.59 Å². The minimum absolute atomic E-state index is 0.0120. The Labute approximate surface area is 127 Å². The summed E-state index contributed by atoms with van der Waals surface area (Å²) in [6.07, 6.45) is 0.296. The summed E-state index contributed by atoms with van der Waals surface area (Å²) in [5, 5.41) is 2.92. The molecule has 0 heterocycles. The summed E-state index contributed by atoms with van der Waals surface area (Å²) in [5.74, 6) is -0.0822. The number of aryl methyl sites for hydroxylation is 2. The molecule has 1 N–H and O–H groups in total. The van der Waals surface area contributed by atoms with Gasteiger partial charge in [-0.05, 0) is 51.8 Å². The van der Waals surface area contributed by atoms with Gasteiger partial charge in [0.25, 0.3) is 0 Å². The summed E-state index contributed by atoms with van der Waals surface area (Å²) < 4.78 is 0. The molecule has 0 radical (unpaired) electrons. The average Bonchev–Trinajstić information content (AvgIpc) is 2.31. The zero-order valence-corrected chi connectivity index (χ0v) is 13.9. The van der Waals surface area contributed by atoms with Gasteiger partial charge in [0.1, 0.15) is 0 Å². The molecule has 0 aliphatic carbocycles. The van der Waals surface area contributed by atoms with Gasteiger partial charge in [-0.3, -0.25) is 9.59 Å². The number of hydrogen-bond acceptors (Lipinski definition) is 2. The summed E-state index contributed by atoms with van der Waals surface area (Å²) in [4.78, 5) is 25.5. The van der Waals surface area contributed by atoms with Gasteiger partial charge in [0.05, 0.1) is 0 Å². The number of carbonyl (C=O) groups is 2. The van der Waals surface area contributed by atoms with Gasteiger partial charge in [-0.25, -0.2) is 0 Å². The van der Waals surface area contributed by atoms with E-state index in [1.807, 2.05) is 52.8 Å². The molecule has 0 spiro atoms. The average molecular weight is 290 g/mol. The van der Waals surface area contributed by atoms with Crippen LogP contribution in [-0.2, 0) is 9.59 Å². The van der Waals surface area contributed by atoms with Gasteiger partial charge >= 0.3 is 0 Å². The second-order valence-electron chi connectivity index (χ2n) is 6.46. The lowest BCUT2D eigenvalue weighted by atomic mass is 10.1. The lowest BCUT2D eigenvalue weighted by Crippen LogP contribution is -2.45. The zero-order valence-electron chi connectivity index (χ0n) is 13.9. The molecule has 1 aromatic rings. The lowest BCUT2D eigenvalue weighted by molar-refractivity contribution is -0.134. The lowest BCUT2D eigenvalue weighted by Gasteiger charge is -2.34. The zero-order chi connectivity index (χ0) is 16.2. The van der Waals surface area contributed by atoms with E-state index >= 15 is 0 Å². The molecule has 0 unspecified atom stereocenters. The van der Waals surface area contributed by atoms with Crippen LogP contribution in [0, 0.1) is 13.8 Å². The molecule has 2 amide bonds. The van der Waals surface area contributed by atoms with Crippen LogP contribution in [0.4, 0.5) is 5.69 Å². The second kappa shape index (κ2) is 6.74. The first-order chi connectivity index (χ1) is 9.61. The Balaban J connectivity index is 2.66. The van der Waals surface area contributed by atoms with Gasteiger partial charge in [0.15, 0.2) is 0 Å². The molecule has 0 bridgehead atoms. The van der Waals surface area contributed by atoms with Crippen LogP contribution >= 0.6 is 0 Å². The number of nitrogens with one attached hydrogen (secondary N) is 1. The fourth-order valence-corrected chi connectivity index (χ4v) is 2.26. The van der Waals surface area contributed by atoms with E-state index in [0.717, 1.165) is 16.8 Å². The van der Waals surface area contributed by atoms with Crippen LogP contribution in [0.25, 0.3) is 0 Å². The van der Waals surface area contributed by atoms with Crippen LogP contribution in [0.1, 0.15) is 45.2 Å². The summed E-state index contributed by atoms with van der Waals surface area (Å²) in [5.41, 5.74) is 2.71. The van der Waals surface area contributed by atoms with Gasteiger partial charge in [-0.1, -0.05) is 12.1 Å². The molecular weight excluding hydrogens is 264 g/mol. The van der Waals surface area contributed by atoms with E-state index in [-0.39, 0.29) is 17.4 Å². The first kappa shape index (κ1) is 17.2. The first-order valence-electron chi connectivity index (χ1n) is 7.26. The Hall–Kier alpha value is -1.84. The van der Waals surface area contributed by atoms with Gasteiger partial charge in [-0.2, -0.15) is 0 Å². The summed E-state index contributed by atoms with van der Waals surface area (Å²) in [6.45, 7) is 11.8. The Morgan fingerprint density at radius 1 is 1.19 bits per heavy atom. The molecule has 0 aliphatic heterocycles. The highest BCUT2D eigenvalue weighted by Gasteiger charge is 2.24. The maximum absolute atomic E-state index is 12.1. The molecule has 4 nitrogen and oxygen atoms in total. The van der Waals surface area contributed by atoms with Crippen molar-refractivity contribution in [2.75, 3.05) is 11.9 Å². The predicted octanol–water partition coefficient (Wildman–Crippen LogP) is 3.28. The third kappa shape index (κ3) is 5.21. The molecule has 1 rings (SSSR count). The van der Waals surface area contributed by atoms with Crippen LogP contribution in [0.5, 0.6) is 0 Å². The molecule has 0 atom stereocenters. The van der Waals surface area contributed by atoms with Gasteiger partial charge in [0, 0.05) is 31.1 Å². The summed E-state index contributed by atoms with van der Waals surface area (Å²) in [6, 6.07) is 5.96. The minimum atomic E-state index is -0.272. The van der Waals surface area contributed by atoms with E-state index in [9.17, 15) is 9.59 Å². The van der Waals surface area contributed by atoms with Crippen molar-refractivity contribution in [3.05, 3.63) is 29.3 Å². The van der Waals surface area contributed by atoms with Crippen LogP contribution in [0.3, 0.4) is 0 Å². The maximum Gasteiger partial charge on any atom is 0.226 e. The van der Waals surface area contributed by atoms with E-state index in [0.29, 0.717) is 13.0 Å². The van der Waals surface area contributed by atoms with E-state index in [1.54, 1.807) is 4.90 Å². The monoisotopic (exact) mass is 290 g/mol. The predicted molar refractivity (Wildman–Crippen MR) is 86.3 cm³/mol. The third-order valence-corrected chi connectivity index (χ3v) is 3.42. The molecule has 21 heavy (non-hydrogen) atoms. The highest BCUT2D eigenvalue weighted by molar-refractivity contribution is 5.92. The van der Waals surface area contributed by atoms with E-state index < -0.39 is 0 Å². The molecule has 0 fully saturated rings. The summed E-state index contributed by atoms with van der Waals surface area (Å²) in [7, 11) is 0. The molecule has 116 valence electrons. The number of anilines is 1. The molecule has 4 heteroatoms. The first-order valence-corrected chi connectivity index (χ1v) is 7.26. The Morgan fingerprint density at radius 2 is 1.81 bits per heavy atom. The Bertz CT molecular complexity index is 530. The Morgan fingerprint density at radius 3 is 2.33 bits per heavy atom. The standard InChI is InChI=1S/C17H26N2O2/c1-12-7-8-13(2)15(11-12)18-16(21)9-10-19(14(3)20)17(4,5)6/h7-8,11H,9-10H2,1-6H3,(H,18,21). The fourth-order valence-electron chi connectivity index (χ4n) is 2.26. The topological polar surface area (TPSA) is 49.4 Å². The van der Waals surface area contributed by atoms with Crippen LogP contribution in [0.15, 0.2) is 18.2 Å². The van der Waals surface area contributed by atoms with Crippen molar-refractivity contribution in [1.82, 2.24) is 4.90 Å². The SMILES string of the molecule is CC(=O)N(CCC(=O)Nc1cc(C)ccc1C)C(C)(C)C. The molecule has 0 aromatic heterocycles. The van der Waals surface area contributed by atoms with Crippen molar-refractivity contribution in [2.45, 2.75) is 53.5 Å². The molecule has 0 saturated heterocycles. The van der Waals surface area contributed by atoms with E-state index in [2.05, 4.69) is 5.32 Å². The van der Waals surface area contributed by atoms with Crippen molar-refractivity contribution in [1.29, 1.82) is 0 Å². The smallest absolute Gasteiger partial charge is 0.226 e. The highest BCUT2D eigenvalue weighted by Crippen LogP contribution is 2.17. The summed E-state index contributed by atoms with van der Waals surface area (Å²) >= 11 is 0. The van der Waals surface area contributed by atoms with Crippen LogP contribution in [0.2, 0.25) is 0 Å². The molecule has 1 aromatic carbocycles. The molecule has 0 aliphatic rings. The number of carbonyl (C=O) groups excluding carboxylic acids is 2. The van der Waals surface area contributed by atoms with E-state index in [4.69, 9.17) is 0 Å². The second-order valence-corrected chi connectivity index (χ2v) is 6.46. The van der Waals surface area contributed by atoms with Crippen LogP contribution < -0.4 is 5.32 Å². The number of benzene rings is 1. The maximum atomic E-state index is 12.1. The van der Waals surface area contributed by atoms with Gasteiger partial charge in [-0.15, -0.1) is 0 Å². The van der Waals surface area contributed by atoms with Gasteiger partial charge in [0.2, 0.25) is 11.8 Å². The molecular formula is C17H26N2O2. The van der Waals surface area contributed by atoms with Crippen molar-refractivity contribution in [3.63, 3.8) is 0 Å². The third-order valence-electron chi connectivity index (χ3n) is 3.42. The number of amides is 2. The van der Waals surface area contributed by atoms with Crippen molar-refractivity contribution in [3.8, 4) is 0 Å². The Kier molecular flexibility index (Phi) is 5.53. The van der Waals surface area contributed by atoms with Crippen LogP contribution in [-0.4, -0.2) is 28.8 Å². The highest BCUT2D eigenvalue weighted by atomic mass is 16.2. The van der Waals surface area contributed by atoms with Crippen molar-refractivity contribution in [2.24, 2.45) is 0 Å². The number of hydrogen-bond donors (Lipinski definition) is 1. The van der Waals surface area contributed by atoms with E-state index in [1.165, 1.54) is 6.92 Å². The minimum Gasteiger partial charge on any atom is -0.338 e. The number of nitrogens with zero attached hydrogens (tertiary/aromatic N) is 1. The van der Waals surface area contributed by atoms with Crippen molar-refractivity contribution >= 4 is 17.5 Å². The van der Waals surface area contributed by atoms with Gasteiger partial charge < -0.3 is 10.2 Å². The normalized spacial score (nSPS) is 11.1. The quantitative estimate of drug-likeness (QED) is 0.925. The number of rotatable bonds is 4. The molecule has 0 saturated carbocycles.